The van der Waals surface area contributed by atoms with Crippen LogP contribution in [0.4, 0.5) is 0 Å². The summed E-state index contributed by atoms with van der Waals surface area (Å²) in [6.45, 7) is 12.5. The number of esters is 1. The summed E-state index contributed by atoms with van der Waals surface area (Å²) in [4.78, 5) is 11.7. The van der Waals surface area contributed by atoms with Gasteiger partial charge in [0.1, 0.15) is 6.61 Å². The van der Waals surface area contributed by atoms with Crippen LogP contribution in [0.3, 0.4) is 0 Å². The van der Waals surface area contributed by atoms with Crippen molar-refractivity contribution in [2.75, 3.05) is 99.1 Å². The normalized spacial score (nSPS) is 11.5. The molecule has 0 aliphatic heterocycles. The summed E-state index contributed by atoms with van der Waals surface area (Å²) in [5.74, 6) is -0.134. The molecule has 0 atom stereocenters. The van der Waals surface area contributed by atoms with Crippen molar-refractivity contribution < 1.29 is 42.7 Å². The van der Waals surface area contributed by atoms with E-state index in [0.29, 0.717) is 98.9 Å². The van der Waals surface area contributed by atoms with Gasteiger partial charge in [0.25, 0.3) is 0 Å². The third kappa shape index (κ3) is 43.2. The highest BCUT2D eigenvalue weighted by molar-refractivity contribution is 5.69. The molecule has 0 rings (SSSR count). The number of ether oxygens (including phenoxy) is 8. The molecule has 0 heterocycles. The Bertz CT molecular complexity index is 594. The van der Waals surface area contributed by atoms with Gasteiger partial charge in [0, 0.05) is 13.0 Å². The van der Waals surface area contributed by atoms with E-state index in [4.69, 9.17) is 37.9 Å². The van der Waals surface area contributed by atoms with E-state index in [0.717, 1.165) is 25.9 Å². The van der Waals surface area contributed by atoms with Crippen LogP contribution in [0.2, 0.25) is 0 Å². The average molecular weight is 691 g/mol. The summed E-state index contributed by atoms with van der Waals surface area (Å²) in [5, 5.41) is 0. The standard InChI is InChI=1S/C39H78O9/c1-3-5-7-9-11-12-13-14-15-16-17-18-20-22-24-41-25-26-42-27-28-43-29-30-44-31-32-45-33-34-46-35-36-47-37-38-48-39(40)23-21-19-10-8-6-4-2/h3-38H2,1-2H3. The van der Waals surface area contributed by atoms with Crippen LogP contribution >= 0.6 is 0 Å². The molecule has 0 N–H and O–H groups in total. The summed E-state index contributed by atoms with van der Waals surface area (Å²) in [5.41, 5.74) is 0. The van der Waals surface area contributed by atoms with Gasteiger partial charge in [0.05, 0.1) is 85.9 Å². The zero-order valence-electron chi connectivity index (χ0n) is 31.6. The second-order valence-corrected chi connectivity index (χ2v) is 12.6. The predicted molar refractivity (Wildman–Crippen MR) is 195 cm³/mol. The van der Waals surface area contributed by atoms with Crippen LogP contribution in [-0.4, -0.2) is 105 Å². The van der Waals surface area contributed by atoms with Crippen molar-refractivity contribution >= 4 is 5.97 Å². The van der Waals surface area contributed by atoms with E-state index >= 15 is 0 Å². The molecule has 0 bridgehead atoms. The molecule has 48 heavy (non-hydrogen) atoms. The molecule has 9 heteroatoms. The molecule has 0 saturated carbocycles. The van der Waals surface area contributed by atoms with Crippen LogP contribution in [-0.2, 0) is 42.7 Å². The Labute approximate surface area is 296 Å². The molecule has 0 unspecified atom stereocenters. The third-order valence-corrected chi connectivity index (χ3v) is 8.10. The van der Waals surface area contributed by atoms with Crippen molar-refractivity contribution in [3.63, 3.8) is 0 Å². The monoisotopic (exact) mass is 691 g/mol. The molecule has 0 fully saturated rings. The van der Waals surface area contributed by atoms with Crippen molar-refractivity contribution in [1.29, 1.82) is 0 Å². The highest BCUT2D eigenvalue weighted by Crippen LogP contribution is 2.13. The lowest BCUT2D eigenvalue weighted by Crippen LogP contribution is -2.15. The molecule has 0 amide bonds. The molecular weight excluding hydrogens is 612 g/mol. The SMILES string of the molecule is CCCCCCCCCCCCCCCCOCCOCCOCCOCCOCCOCCOCCOC(=O)CCCCCCCC. The van der Waals surface area contributed by atoms with Gasteiger partial charge in [0.15, 0.2) is 0 Å². The minimum atomic E-state index is -0.134. The second kappa shape index (κ2) is 44.2. The number of carbonyl (C=O) groups is 1. The van der Waals surface area contributed by atoms with Crippen LogP contribution in [0.1, 0.15) is 149 Å². The molecule has 0 spiro atoms. The topological polar surface area (TPSA) is 90.9 Å². The summed E-state index contributed by atoms with van der Waals surface area (Å²) < 4.78 is 43.9. The van der Waals surface area contributed by atoms with Crippen LogP contribution in [0, 0.1) is 0 Å². The fraction of sp³-hybridized carbons (Fsp3) is 0.974. The Kier molecular flexibility index (Phi) is 43.5. The molecule has 0 aliphatic carbocycles. The maximum absolute atomic E-state index is 11.7. The maximum atomic E-state index is 11.7. The Hall–Kier alpha value is -0.810. The van der Waals surface area contributed by atoms with Crippen molar-refractivity contribution in [2.24, 2.45) is 0 Å². The lowest BCUT2D eigenvalue weighted by atomic mass is 10.0. The van der Waals surface area contributed by atoms with E-state index in [2.05, 4.69) is 13.8 Å². The summed E-state index contributed by atoms with van der Waals surface area (Å²) in [7, 11) is 0. The number of hydrogen-bond donors (Lipinski definition) is 0. The van der Waals surface area contributed by atoms with E-state index in [1.54, 1.807) is 0 Å². The third-order valence-electron chi connectivity index (χ3n) is 8.10. The molecular formula is C39H78O9. The molecule has 0 aromatic carbocycles. The van der Waals surface area contributed by atoms with Crippen LogP contribution < -0.4 is 0 Å². The predicted octanol–water partition coefficient (Wildman–Crippen LogP) is 8.88. The Morgan fingerprint density at radius 3 is 0.875 bits per heavy atom. The number of hydrogen-bond acceptors (Lipinski definition) is 9. The largest absolute Gasteiger partial charge is 0.463 e. The summed E-state index contributed by atoms with van der Waals surface area (Å²) in [6, 6.07) is 0. The summed E-state index contributed by atoms with van der Waals surface area (Å²) in [6.07, 6.45) is 26.7. The molecule has 0 aromatic heterocycles. The first-order valence-electron chi connectivity index (χ1n) is 20.0. The number of carbonyl (C=O) groups excluding carboxylic acids is 1. The highest BCUT2D eigenvalue weighted by atomic mass is 16.6. The summed E-state index contributed by atoms with van der Waals surface area (Å²) >= 11 is 0. The van der Waals surface area contributed by atoms with E-state index < -0.39 is 0 Å². The fourth-order valence-corrected chi connectivity index (χ4v) is 5.16. The van der Waals surface area contributed by atoms with Gasteiger partial charge < -0.3 is 37.9 Å². The van der Waals surface area contributed by atoms with Gasteiger partial charge >= 0.3 is 5.97 Å². The van der Waals surface area contributed by atoms with Gasteiger partial charge in [-0.3, -0.25) is 4.79 Å². The first-order chi connectivity index (χ1) is 23.8. The van der Waals surface area contributed by atoms with E-state index in [-0.39, 0.29) is 5.97 Å². The quantitative estimate of drug-likeness (QED) is 0.0460. The molecule has 0 saturated heterocycles. The lowest BCUT2D eigenvalue weighted by molar-refractivity contribution is -0.145. The minimum absolute atomic E-state index is 0.134. The maximum Gasteiger partial charge on any atom is 0.305 e. The van der Waals surface area contributed by atoms with Gasteiger partial charge in [-0.2, -0.15) is 0 Å². The molecule has 9 nitrogen and oxygen atoms in total. The van der Waals surface area contributed by atoms with Crippen LogP contribution in [0.15, 0.2) is 0 Å². The molecule has 288 valence electrons. The molecule has 0 radical (unpaired) electrons. The molecule has 0 aliphatic rings. The van der Waals surface area contributed by atoms with Gasteiger partial charge in [0.2, 0.25) is 0 Å². The van der Waals surface area contributed by atoms with Crippen LogP contribution in [0.25, 0.3) is 0 Å². The van der Waals surface area contributed by atoms with Crippen molar-refractivity contribution in [3.8, 4) is 0 Å². The molecule has 0 aromatic rings. The van der Waals surface area contributed by atoms with Gasteiger partial charge in [-0.05, 0) is 12.8 Å². The average Bonchev–Trinajstić information content (AvgIpc) is 3.09. The zero-order chi connectivity index (χ0) is 34.7. The van der Waals surface area contributed by atoms with E-state index in [1.165, 1.54) is 109 Å². The van der Waals surface area contributed by atoms with Crippen LogP contribution in [0.5, 0.6) is 0 Å². The van der Waals surface area contributed by atoms with Crippen molar-refractivity contribution in [3.05, 3.63) is 0 Å². The van der Waals surface area contributed by atoms with E-state index in [1.807, 2.05) is 0 Å². The number of unbranched alkanes of at least 4 members (excludes halogenated alkanes) is 18. The lowest BCUT2D eigenvalue weighted by Gasteiger charge is -2.09. The number of rotatable bonds is 43. The van der Waals surface area contributed by atoms with Gasteiger partial charge in [-0.25, -0.2) is 0 Å². The minimum Gasteiger partial charge on any atom is -0.463 e. The van der Waals surface area contributed by atoms with E-state index in [9.17, 15) is 4.79 Å². The fourth-order valence-electron chi connectivity index (χ4n) is 5.16. The van der Waals surface area contributed by atoms with Crippen molar-refractivity contribution in [1.82, 2.24) is 0 Å². The highest BCUT2D eigenvalue weighted by Gasteiger charge is 2.03. The van der Waals surface area contributed by atoms with Gasteiger partial charge in [-0.15, -0.1) is 0 Å². The van der Waals surface area contributed by atoms with Gasteiger partial charge in [-0.1, -0.05) is 129 Å². The Morgan fingerprint density at radius 1 is 0.292 bits per heavy atom. The first kappa shape index (κ1) is 47.2. The Morgan fingerprint density at radius 2 is 0.542 bits per heavy atom. The van der Waals surface area contributed by atoms with Crippen molar-refractivity contribution in [2.45, 2.75) is 149 Å². The second-order valence-electron chi connectivity index (χ2n) is 12.6. The first-order valence-corrected chi connectivity index (χ1v) is 20.0. The smallest absolute Gasteiger partial charge is 0.305 e. The Balaban J connectivity index is 3.09. The zero-order valence-corrected chi connectivity index (χ0v) is 31.6.